The van der Waals surface area contributed by atoms with Gasteiger partial charge in [-0.3, -0.25) is 18.7 Å². The van der Waals surface area contributed by atoms with E-state index in [4.69, 9.17) is 0 Å². The van der Waals surface area contributed by atoms with Crippen molar-refractivity contribution in [2.24, 2.45) is 0 Å². The zero-order chi connectivity index (χ0) is 21.0. The van der Waals surface area contributed by atoms with E-state index < -0.39 is 17.4 Å². The molecule has 3 aromatic rings. The molecule has 8 heteroatoms. The van der Waals surface area contributed by atoms with Crippen molar-refractivity contribution in [2.75, 3.05) is 5.32 Å². The van der Waals surface area contributed by atoms with Crippen LogP contribution in [0.25, 0.3) is 10.9 Å². The molecule has 0 saturated carbocycles. The van der Waals surface area contributed by atoms with Gasteiger partial charge in [0.05, 0.1) is 16.6 Å². The van der Waals surface area contributed by atoms with E-state index in [2.05, 4.69) is 21.2 Å². The Labute approximate surface area is 175 Å². The second-order valence-electron chi connectivity index (χ2n) is 6.72. The molecular formula is C21H21BrFN3O3. The standard InChI is InChI=1S/C21H21BrFN3O3/c1-2-3-6-11-25-20(28)15-7-4-5-8-18(15)26(21(25)29)13-19(27)24-17-10-9-14(22)12-16(17)23/h4-5,7-10,12H,2-3,6,11,13H2,1H3,(H,24,27). The number of hydrogen-bond donors (Lipinski definition) is 1. The summed E-state index contributed by atoms with van der Waals surface area (Å²) in [5.41, 5.74) is -0.513. The Hall–Kier alpha value is -2.74. The van der Waals surface area contributed by atoms with Gasteiger partial charge in [-0.15, -0.1) is 0 Å². The first kappa shape index (κ1) is 21.0. The average molecular weight is 462 g/mol. The first-order valence-corrected chi connectivity index (χ1v) is 10.2. The number of amides is 1. The maximum Gasteiger partial charge on any atom is 0.331 e. The Morgan fingerprint density at radius 2 is 1.86 bits per heavy atom. The van der Waals surface area contributed by atoms with E-state index in [0.29, 0.717) is 28.3 Å². The number of rotatable bonds is 7. The van der Waals surface area contributed by atoms with Gasteiger partial charge in [-0.2, -0.15) is 0 Å². The van der Waals surface area contributed by atoms with Crippen LogP contribution in [0.1, 0.15) is 26.2 Å². The number of anilines is 1. The number of hydrogen-bond acceptors (Lipinski definition) is 3. The van der Waals surface area contributed by atoms with Crippen LogP contribution in [0.2, 0.25) is 0 Å². The minimum absolute atomic E-state index is 0.0202. The van der Waals surface area contributed by atoms with Crippen molar-refractivity contribution in [2.45, 2.75) is 39.3 Å². The van der Waals surface area contributed by atoms with E-state index in [1.54, 1.807) is 30.3 Å². The van der Waals surface area contributed by atoms with E-state index in [1.165, 1.54) is 21.3 Å². The third-order valence-corrected chi connectivity index (χ3v) is 5.12. The lowest BCUT2D eigenvalue weighted by Crippen LogP contribution is -2.41. The van der Waals surface area contributed by atoms with Gasteiger partial charge in [0.15, 0.2) is 0 Å². The quantitative estimate of drug-likeness (QED) is 0.542. The average Bonchev–Trinajstić information content (AvgIpc) is 2.70. The van der Waals surface area contributed by atoms with Gasteiger partial charge in [-0.25, -0.2) is 9.18 Å². The maximum absolute atomic E-state index is 14.0. The van der Waals surface area contributed by atoms with Crippen molar-refractivity contribution in [3.8, 4) is 0 Å². The molecule has 0 atom stereocenters. The highest BCUT2D eigenvalue weighted by molar-refractivity contribution is 9.10. The first-order chi connectivity index (χ1) is 13.9. The molecule has 0 saturated heterocycles. The molecule has 0 spiro atoms. The largest absolute Gasteiger partial charge is 0.331 e. The topological polar surface area (TPSA) is 73.1 Å². The molecule has 1 N–H and O–H groups in total. The summed E-state index contributed by atoms with van der Waals surface area (Å²) in [6.45, 7) is 2.00. The second-order valence-corrected chi connectivity index (χ2v) is 7.64. The highest BCUT2D eigenvalue weighted by atomic mass is 79.9. The fourth-order valence-electron chi connectivity index (χ4n) is 3.16. The van der Waals surface area contributed by atoms with Crippen molar-refractivity contribution in [1.29, 1.82) is 0 Å². The van der Waals surface area contributed by atoms with Crippen molar-refractivity contribution in [1.82, 2.24) is 9.13 Å². The summed E-state index contributed by atoms with van der Waals surface area (Å²) in [4.78, 5) is 38.2. The predicted molar refractivity (Wildman–Crippen MR) is 115 cm³/mol. The van der Waals surface area contributed by atoms with Crippen LogP contribution in [-0.2, 0) is 17.9 Å². The fourth-order valence-corrected chi connectivity index (χ4v) is 3.50. The third kappa shape index (κ3) is 4.64. The number of halogens is 2. The minimum atomic E-state index is -0.588. The molecule has 29 heavy (non-hydrogen) atoms. The van der Waals surface area contributed by atoms with Gasteiger partial charge in [-0.05, 0) is 36.8 Å². The van der Waals surface area contributed by atoms with E-state index in [9.17, 15) is 18.8 Å². The number of nitrogens with one attached hydrogen (secondary N) is 1. The Bertz CT molecular complexity index is 1170. The molecule has 0 bridgehead atoms. The summed E-state index contributed by atoms with van der Waals surface area (Å²) in [5.74, 6) is -1.15. The lowest BCUT2D eigenvalue weighted by atomic mass is 10.2. The van der Waals surface area contributed by atoms with Crippen LogP contribution in [0.5, 0.6) is 0 Å². The maximum atomic E-state index is 14.0. The van der Waals surface area contributed by atoms with Crippen LogP contribution >= 0.6 is 15.9 Å². The van der Waals surface area contributed by atoms with Crippen molar-refractivity contribution >= 4 is 38.4 Å². The summed E-state index contributed by atoms with van der Waals surface area (Å²) < 4.78 is 17.0. The van der Waals surface area contributed by atoms with Crippen LogP contribution in [0.4, 0.5) is 10.1 Å². The molecular weight excluding hydrogens is 441 g/mol. The molecule has 0 aliphatic rings. The number of carbonyl (C=O) groups is 1. The van der Waals surface area contributed by atoms with Gasteiger partial charge in [0.1, 0.15) is 12.4 Å². The van der Waals surface area contributed by atoms with Crippen molar-refractivity contribution < 1.29 is 9.18 Å². The van der Waals surface area contributed by atoms with E-state index in [0.717, 1.165) is 12.8 Å². The lowest BCUT2D eigenvalue weighted by molar-refractivity contribution is -0.116. The SMILES string of the molecule is CCCCCn1c(=O)c2ccccc2n(CC(=O)Nc2ccc(Br)cc2F)c1=O. The van der Waals surface area contributed by atoms with Crippen LogP contribution in [0.3, 0.4) is 0 Å². The van der Waals surface area contributed by atoms with Gasteiger partial charge in [-0.1, -0.05) is 47.8 Å². The van der Waals surface area contributed by atoms with Crippen LogP contribution in [-0.4, -0.2) is 15.0 Å². The Balaban J connectivity index is 1.98. The van der Waals surface area contributed by atoms with Crippen LogP contribution in [0, 0.1) is 5.82 Å². The second kappa shape index (κ2) is 9.17. The smallest absolute Gasteiger partial charge is 0.322 e. The highest BCUT2D eigenvalue weighted by Gasteiger charge is 2.16. The Morgan fingerprint density at radius 3 is 2.59 bits per heavy atom. The van der Waals surface area contributed by atoms with Gasteiger partial charge in [0.25, 0.3) is 5.56 Å². The Kier molecular flexibility index (Phi) is 6.64. The summed E-state index contributed by atoms with van der Waals surface area (Å²) in [6, 6.07) is 11.0. The summed E-state index contributed by atoms with van der Waals surface area (Å²) >= 11 is 3.16. The molecule has 3 rings (SSSR count). The molecule has 1 amide bonds. The fraction of sp³-hybridized carbons (Fsp3) is 0.286. The molecule has 2 aromatic carbocycles. The van der Waals surface area contributed by atoms with Crippen LogP contribution in [0.15, 0.2) is 56.5 Å². The van der Waals surface area contributed by atoms with Crippen molar-refractivity contribution in [3.05, 3.63) is 73.6 Å². The van der Waals surface area contributed by atoms with Crippen molar-refractivity contribution in [3.63, 3.8) is 0 Å². The number of fused-ring (bicyclic) bond motifs is 1. The monoisotopic (exact) mass is 461 g/mol. The summed E-state index contributed by atoms with van der Waals surface area (Å²) in [6.07, 6.45) is 2.54. The number of benzene rings is 2. The first-order valence-electron chi connectivity index (χ1n) is 9.39. The molecule has 0 aliphatic heterocycles. The number of para-hydroxylation sites is 1. The molecule has 152 valence electrons. The van der Waals surface area contributed by atoms with E-state index in [-0.39, 0.29) is 17.8 Å². The molecule has 1 aromatic heterocycles. The minimum Gasteiger partial charge on any atom is -0.322 e. The van der Waals surface area contributed by atoms with Gasteiger partial charge in [0, 0.05) is 11.0 Å². The molecule has 1 heterocycles. The number of unbranched alkanes of at least 4 members (excludes halogenated alkanes) is 2. The molecule has 6 nitrogen and oxygen atoms in total. The van der Waals surface area contributed by atoms with E-state index >= 15 is 0 Å². The van der Waals surface area contributed by atoms with E-state index in [1.807, 2.05) is 6.92 Å². The van der Waals surface area contributed by atoms with Gasteiger partial charge < -0.3 is 5.32 Å². The van der Waals surface area contributed by atoms with Gasteiger partial charge >= 0.3 is 5.69 Å². The molecule has 0 fully saturated rings. The lowest BCUT2D eigenvalue weighted by Gasteiger charge is -2.14. The zero-order valence-corrected chi connectivity index (χ0v) is 17.5. The number of carbonyl (C=O) groups excluding carboxylic acids is 1. The summed E-state index contributed by atoms with van der Waals surface area (Å²) in [7, 11) is 0. The Morgan fingerprint density at radius 1 is 1.10 bits per heavy atom. The zero-order valence-electron chi connectivity index (χ0n) is 16.0. The molecule has 0 radical (unpaired) electrons. The highest BCUT2D eigenvalue weighted by Crippen LogP contribution is 2.19. The molecule has 0 unspecified atom stereocenters. The molecule has 0 aliphatic carbocycles. The number of nitrogens with zero attached hydrogens (tertiary/aromatic N) is 2. The predicted octanol–water partition coefficient (Wildman–Crippen LogP) is 3.89. The number of aromatic nitrogens is 2. The third-order valence-electron chi connectivity index (χ3n) is 4.62. The summed E-state index contributed by atoms with van der Waals surface area (Å²) in [5, 5.41) is 2.85. The normalized spacial score (nSPS) is 11.0. The van der Waals surface area contributed by atoms with Gasteiger partial charge in [0.2, 0.25) is 5.91 Å². The van der Waals surface area contributed by atoms with Crippen LogP contribution < -0.4 is 16.6 Å².